The molecule has 0 saturated carbocycles. The van der Waals surface area contributed by atoms with Crippen LogP contribution in [-0.2, 0) is 4.79 Å². The van der Waals surface area contributed by atoms with Crippen molar-refractivity contribution in [2.75, 3.05) is 13.2 Å². The Kier molecular flexibility index (Phi) is 7.74. The minimum absolute atomic E-state index is 0.269. The van der Waals surface area contributed by atoms with Gasteiger partial charge in [-0.2, -0.15) is 0 Å². The molecule has 0 aliphatic heterocycles. The van der Waals surface area contributed by atoms with Gasteiger partial charge in [-0.05, 0) is 52.7 Å². The van der Waals surface area contributed by atoms with Gasteiger partial charge in [-0.15, -0.1) is 0 Å². The summed E-state index contributed by atoms with van der Waals surface area (Å²) in [4.78, 5) is 24.1. The Morgan fingerprint density at radius 3 is 2.58 bits per heavy atom. The molecule has 0 aliphatic rings. The molecule has 26 heavy (non-hydrogen) atoms. The molecule has 0 atom stereocenters. The summed E-state index contributed by atoms with van der Waals surface area (Å²) in [6, 6.07) is 11.8. The van der Waals surface area contributed by atoms with Gasteiger partial charge in [-0.25, -0.2) is 0 Å². The van der Waals surface area contributed by atoms with E-state index in [0.29, 0.717) is 33.2 Å². The predicted octanol–water partition coefficient (Wildman–Crippen LogP) is 3.73. The molecule has 2 rings (SSSR count). The highest BCUT2D eigenvalue weighted by Gasteiger charge is 2.13. The first-order valence-corrected chi connectivity index (χ1v) is 9.07. The molecule has 0 saturated heterocycles. The molecule has 0 bridgehead atoms. The van der Waals surface area contributed by atoms with Crippen molar-refractivity contribution in [3.05, 3.63) is 57.5 Å². The standard InChI is InChI=1S/C18H18BrClN2O4/c1-2-9-25-15-6-4-3-5-13(15)18(24)22-21-17(23)11-26-16-8-7-12(20)10-14(16)19/h3-8,10H,2,9,11H2,1H3,(H,21,23)(H,22,24). The number of hydrogen-bond donors (Lipinski definition) is 2. The maximum absolute atomic E-state index is 12.2. The van der Waals surface area contributed by atoms with E-state index in [0.717, 1.165) is 6.42 Å². The van der Waals surface area contributed by atoms with Crippen molar-refractivity contribution >= 4 is 39.3 Å². The van der Waals surface area contributed by atoms with Gasteiger partial charge in [0.2, 0.25) is 0 Å². The molecule has 0 fully saturated rings. The highest BCUT2D eigenvalue weighted by atomic mass is 79.9. The number of halogens is 2. The molecule has 0 aromatic heterocycles. The zero-order valence-corrected chi connectivity index (χ0v) is 16.4. The fraction of sp³-hybridized carbons (Fsp3) is 0.222. The van der Waals surface area contributed by atoms with E-state index in [1.807, 2.05) is 6.92 Å². The van der Waals surface area contributed by atoms with E-state index in [4.69, 9.17) is 21.1 Å². The second-order valence-corrected chi connectivity index (χ2v) is 6.50. The van der Waals surface area contributed by atoms with Crippen LogP contribution >= 0.6 is 27.5 Å². The van der Waals surface area contributed by atoms with Gasteiger partial charge in [-0.1, -0.05) is 30.7 Å². The molecule has 8 heteroatoms. The molecule has 0 aliphatic carbocycles. The van der Waals surface area contributed by atoms with Crippen molar-refractivity contribution < 1.29 is 19.1 Å². The Morgan fingerprint density at radius 1 is 1.08 bits per heavy atom. The average molecular weight is 442 g/mol. The lowest BCUT2D eigenvalue weighted by Crippen LogP contribution is -2.44. The van der Waals surface area contributed by atoms with Crippen LogP contribution in [0, 0.1) is 0 Å². The van der Waals surface area contributed by atoms with Crippen LogP contribution in [0.1, 0.15) is 23.7 Å². The van der Waals surface area contributed by atoms with E-state index in [-0.39, 0.29) is 6.61 Å². The van der Waals surface area contributed by atoms with Crippen LogP contribution in [0.5, 0.6) is 11.5 Å². The van der Waals surface area contributed by atoms with Crippen molar-refractivity contribution in [3.63, 3.8) is 0 Å². The summed E-state index contributed by atoms with van der Waals surface area (Å²) in [7, 11) is 0. The minimum Gasteiger partial charge on any atom is -0.493 e. The third-order valence-electron chi connectivity index (χ3n) is 3.16. The van der Waals surface area contributed by atoms with Gasteiger partial charge in [0.25, 0.3) is 11.8 Å². The number of amides is 2. The monoisotopic (exact) mass is 440 g/mol. The summed E-state index contributed by atoms with van der Waals surface area (Å²) in [6.07, 6.45) is 0.824. The highest BCUT2D eigenvalue weighted by Crippen LogP contribution is 2.27. The average Bonchev–Trinajstić information content (AvgIpc) is 2.64. The van der Waals surface area contributed by atoms with Crippen molar-refractivity contribution in [2.45, 2.75) is 13.3 Å². The van der Waals surface area contributed by atoms with Crippen LogP contribution in [0.3, 0.4) is 0 Å². The van der Waals surface area contributed by atoms with Crippen LogP contribution in [0.4, 0.5) is 0 Å². The lowest BCUT2D eigenvalue weighted by atomic mass is 10.2. The number of rotatable bonds is 7. The maximum Gasteiger partial charge on any atom is 0.276 e. The van der Waals surface area contributed by atoms with E-state index in [9.17, 15) is 9.59 Å². The van der Waals surface area contributed by atoms with E-state index >= 15 is 0 Å². The smallest absolute Gasteiger partial charge is 0.276 e. The fourth-order valence-electron chi connectivity index (χ4n) is 1.96. The second kappa shape index (κ2) is 10.0. The van der Waals surface area contributed by atoms with Gasteiger partial charge in [-0.3, -0.25) is 20.4 Å². The van der Waals surface area contributed by atoms with Crippen molar-refractivity contribution in [3.8, 4) is 11.5 Å². The van der Waals surface area contributed by atoms with Gasteiger partial charge < -0.3 is 9.47 Å². The topological polar surface area (TPSA) is 76.7 Å². The van der Waals surface area contributed by atoms with Gasteiger partial charge in [0.1, 0.15) is 11.5 Å². The predicted molar refractivity (Wildman–Crippen MR) is 102 cm³/mol. The molecule has 2 aromatic carbocycles. The Balaban J connectivity index is 1.86. The lowest BCUT2D eigenvalue weighted by Gasteiger charge is -2.12. The summed E-state index contributed by atoms with van der Waals surface area (Å²) in [5.74, 6) is -0.0542. The number of nitrogens with one attached hydrogen (secondary N) is 2. The van der Waals surface area contributed by atoms with Crippen LogP contribution in [-0.4, -0.2) is 25.0 Å². The van der Waals surface area contributed by atoms with E-state index in [1.54, 1.807) is 42.5 Å². The Hall–Kier alpha value is -2.25. The first-order chi connectivity index (χ1) is 12.5. The number of para-hydroxylation sites is 1. The summed E-state index contributed by atoms with van der Waals surface area (Å²) >= 11 is 9.14. The number of ether oxygens (including phenoxy) is 2. The van der Waals surface area contributed by atoms with Crippen LogP contribution in [0.2, 0.25) is 5.02 Å². The zero-order chi connectivity index (χ0) is 18.9. The molecular formula is C18H18BrClN2O4. The molecule has 0 unspecified atom stereocenters. The quantitative estimate of drug-likeness (QED) is 0.642. The molecule has 0 heterocycles. The minimum atomic E-state index is -0.507. The lowest BCUT2D eigenvalue weighted by molar-refractivity contribution is -0.123. The Bertz CT molecular complexity index is 786. The van der Waals surface area contributed by atoms with E-state index in [2.05, 4.69) is 26.8 Å². The third kappa shape index (κ3) is 5.93. The molecule has 6 nitrogen and oxygen atoms in total. The summed E-state index contributed by atoms with van der Waals surface area (Å²) in [5, 5.41) is 0.546. The number of hydrazine groups is 1. The highest BCUT2D eigenvalue weighted by molar-refractivity contribution is 9.10. The zero-order valence-electron chi connectivity index (χ0n) is 14.1. The van der Waals surface area contributed by atoms with Gasteiger partial charge in [0.05, 0.1) is 16.6 Å². The Labute approximate surface area is 164 Å². The molecule has 2 amide bonds. The first-order valence-electron chi connectivity index (χ1n) is 7.90. The molecule has 2 aromatic rings. The Morgan fingerprint density at radius 2 is 1.85 bits per heavy atom. The number of hydrogen-bond acceptors (Lipinski definition) is 4. The molecule has 0 spiro atoms. The molecular weight excluding hydrogens is 424 g/mol. The normalized spacial score (nSPS) is 10.1. The number of carbonyl (C=O) groups is 2. The second-order valence-electron chi connectivity index (χ2n) is 5.21. The van der Waals surface area contributed by atoms with Gasteiger partial charge in [0.15, 0.2) is 6.61 Å². The summed E-state index contributed by atoms with van der Waals surface area (Å²) in [5.41, 5.74) is 4.98. The van der Waals surface area contributed by atoms with Crippen molar-refractivity contribution in [1.29, 1.82) is 0 Å². The van der Waals surface area contributed by atoms with Gasteiger partial charge >= 0.3 is 0 Å². The summed E-state index contributed by atoms with van der Waals surface area (Å²) < 4.78 is 11.5. The maximum atomic E-state index is 12.2. The molecule has 138 valence electrons. The molecule has 2 N–H and O–H groups in total. The number of carbonyl (C=O) groups excluding carboxylic acids is 2. The first kappa shape index (κ1) is 20.1. The summed E-state index contributed by atoms with van der Waals surface area (Å²) in [6.45, 7) is 2.21. The van der Waals surface area contributed by atoms with E-state index in [1.165, 1.54) is 0 Å². The molecule has 0 radical (unpaired) electrons. The SMILES string of the molecule is CCCOc1ccccc1C(=O)NNC(=O)COc1ccc(Cl)cc1Br. The van der Waals surface area contributed by atoms with Crippen LogP contribution in [0.25, 0.3) is 0 Å². The number of benzene rings is 2. The van der Waals surface area contributed by atoms with Crippen molar-refractivity contribution in [1.82, 2.24) is 10.9 Å². The largest absolute Gasteiger partial charge is 0.493 e. The van der Waals surface area contributed by atoms with Gasteiger partial charge in [0, 0.05) is 5.02 Å². The van der Waals surface area contributed by atoms with Crippen molar-refractivity contribution in [2.24, 2.45) is 0 Å². The van der Waals surface area contributed by atoms with Crippen LogP contribution < -0.4 is 20.3 Å². The van der Waals surface area contributed by atoms with Crippen LogP contribution in [0.15, 0.2) is 46.9 Å². The third-order valence-corrected chi connectivity index (χ3v) is 4.02. The van der Waals surface area contributed by atoms with E-state index < -0.39 is 11.8 Å². The fourth-order valence-corrected chi connectivity index (χ4v) is 2.75.